The summed E-state index contributed by atoms with van der Waals surface area (Å²) in [6, 6.07) is 12.6. The number of piperazine rings is 1. The van der Waals surface area contributed by atoms with Gasteiger partial charge >= 0.3 is 0 Å². The van der Waals surface area contributed by atoms with E-state index in [1.165, 1.54) is 4.31 Å². The molecule has 8 heteroatoms. The SMILES string of the molecule is Cc1ccc(S(=O)(=O)N2CCCC2)cc1C(=O)N1CCN(c2cccc(Cl)c2)CC1. The molecule has 6 nitrogen and oxygen atoms in total. The molecule has 0 N–H and O–H groups in total. The molecule has 0 aliphatic carbocycles. The summed E-state index contributed by atoms with van der Waals surface area (Å²) in [4.78, 5) is 17.4. The Hall–Kier alpha value is -2.09. The fourth-order valence-corrected chi connectivity index (χ4v) is 5.81. The minimum Gasteiger partial charge on any atom is -0.368 e. The third kappa shape index (κ3) is 4.19. The van der Waals surface area contributed by atoms with Crippen molar-refractivity contribution in [2.75, 3.05) is 44.2 Å². The van der Waals surface area contributed by atoms with Crippen molar-refractivity contribution in [1.82, 2.24) is 9.21 Å². The number of benzene rings is 2. The van der Waals surface area contributed by atoms with Crippen molar-refractivity contribution in [2.45, 2.75) is 24.7 Å². The van der Waals surface area contributed by atoms with Crippen LogP contribution in [0, 0.1) is 6.92 Å². The first-order valence-corrected chi connectivity index (χ1v) is 12.1. The van der Waals surface area contributed by atoms with Crippen LogP contribution in [0.25, 0.3) is 0 Å². The fourth-order valence-electron chi connectivity index (χ4n) is 4.08. The predicted octanol–water partition coefficient (Wildman–Crippen LogP) is 3.40. The number of carbonyl (C=O) groups excluding carboxylic acids is 1. The van der Waals surface area contributed by atoms with Crippen LogP contribution in [0.2, 0.25) is 5.02 Å². The topological polar surface area (TPSA) is 60.9 Å². The number of hydrogen-bond donors (Lipinski definition) is 0. The van der Waals surface area contributed by atoms with E-state index in [9.17, 15) is 13.2 Å². The van der Waals surface area contributed by atoms with Crippen molar-refractivity contribution in [3.05, 3.63) is 58.6 Å². The Morgan fingerprint density at radius 2 is 1.63 bits per heavy atom. The first kappa shape index (κ1) is 21.2. The summed E-state index contributed by atoms with van der Waals surface area (Å²) in [6.07, 6.45) is 1.77. The number of carbonyl (C=O) groups is 1. The minimum absolute atomic E-state index is 0.114. The number of rotatable bonds is 4. The molecule has 2 aromatic carbocycles. The largest absolute Gasteiger partial charge is 0.368 e. The Labute approximate surface area is 183 Å². The summed E-state index contributed by atoms with van der Waals surface area (Å²) in [7, 11) is -3.55. The molecule has 0 unspecified atom stereocenters. The zero-order valence-corrected chi connectivity index (χ0v) is 18.6. The van der Waals surface area contributed by atoms with Gasteiger partial charge in [-0.2, -0.15) is 4.31 Å². The number of aryl methyl sites for hydroxylation is 1. The van der Waals surface area contributed by atoms with E-state index in [1.54, 1.807) is 23.1 Å². The van der Waals surface area contributed by atoms with Gasteiger partial charge in [0.05, 0.1) is 4.90 Å². The van der Waals surface area contributed by atoms with Crippen LogP contribution in [0.3, 0.4) is 0 Å². The van der Waals surface area contributed by atoms with E-state index in [4.69, 9.17) is 11.6 Å². The number of hydrogen-bond acceptors (Lipinski definition) is 4. The third-order valence-corrected chi connectivity index (χ3v) is 8.01. The van der Waals surface area contributed by atoms with Gasteiger partial charge in [0.25, 0.3) is 5.91 Å². The first-order valence-electron chi connectivity index (χ1n) is 10.3. The molecule has 4 rings (SSSR count). The Bertz CT molecular complexity index is 1040. The summed E-state index contributed by atoms with van der Waals surface area (Å²) >= 11 is 6.10. The van der Waals surface area contributed by atoms with Crippen molar-refractivity contribution < 1.29 is 13.2 Å². The normalized spacial score (nSPS) is 18.1. The predicted molar refractivity (Wildman–Crippen MR) is 119 cm³/mol. The van der Waals surface area contributed by atoms with Crippen LogP contribution in [0.1, 0.15) is 28.8 Å². The van der Waals surface area contributed by atoms with Gasteiger partial charge in [-0.15, -0.1) is 0 Å². The molecule has 2 aliphatic heterocycles. The molecule has 0 bridgehead atoms. The molecule has 0 aromatic heterocycles. The second-order valence-electron chi connectivity index (χ2n) is 7.85. The molecular formula is C22H26ClN3O3S. The molecule has 2 aliphatic rings. The Kier molecular flexibility index (Phi) is 6.04. The van der Waals surface area contributed by atoms with E-state index in [0.29, 0.717) is 49.9 Å². The second kappa shape index (κ2) is 8.57. The van der Waals surface area contributed by atoms with Gasteiger partial charge in [0.15, 0.2) is 0 Å². The van der Waals surface area contributed by atoms with Gasteiger partial charge < -0.3 is 9.80 Å². The highest BCUT2D eigenvalue weighted by Crippen LogP contribution is 2.25. The highest BCUT2D eigenvalue weighted by molar-refractivity contribution is 7.89. The zero-order valence-electron chi connectivity index (χ0n) is 17.1. The molecule has 30 heavy (non-hydrogen) atoms. The van der Waals surface area contributed by atoms with Crippen LogP contribution >= 0.6 is 11.6 Å². The summed E-state index contributed by atoms with van der Waals surface area (Å²) in [5.41, 5.74) is 2.30. The van der Waals surface area contributed by atoms with E-state index in [0.717, 1.165) is 24.1 Å². The summed E-state index contributed by atoms with van der Waals surface area (Å²) in [5.74, 6) is -0.114. The standard InChI is InChI=1S/C22H26ClN3O3S/c1-17-7-8-20(30(28,29)26-9-2-3-10-26)16-21(17)22(27)25-13-11-24(12-14-25)19-6-4-5-18(23)15-19/h4-8,15-16H,2-3,9-14H2,1H3. The molecule has 160 valence electrons. The molecule has 2 saturated heterocycles. The van der Waals surface area contributed by atoms with Gasteiger partial charge in [-0.3, -0.25) is 4.79 Å². The summed E-state index contributed by atoms with van der Waals surface area (Å²) in [5, 5.41) is 0.692. The van der Waals surface area contributed by atoms with Crippen molar-refractivity contribution in [3.8, 4) is 0 Å². The average molecular weight is 448 g/mol. The third-order valence-electron chi connectivity index (χ3n) is 5.88. The van der Waals surface area contributed by atoms with Crippen molar-refractivity contribution in [3.63, 3.8) is 0 Å². The first-order chi connectivity index (χ1) is 14.4. The van der Waals surface area contributed by atoms with Gasteiger partial charge in [-0.1, -0.05) is 23.7 Å². The monoisotopic (exact) mass is 447 g/mol. The lowest BCUT2D eigenvalue weighted by Crippen LogP contribution is -2.49. The van der Waals surface area contributed by atoms with Crippen LogP contribution in [0.4, 0.5) is 5.69 Å². The van der Waals surface area contributed by atoms with Gasteiger partial charge in [0.1, 0.15) is 0 Å². The lowest BCUT2D eigenvalue weighted by Gasteiger charge is -2.36. The average Bonchev–Trinajstić information content (AvgIpc) is 3.29. The van der Waals surface area contributed by atoms with Gasteiger partial charge in [0, 0.05) is 55.5 Å². The maximum atomic E-state index is 13.2. The van der Waals surface area contributed by atoms with Crippen LogP contribution in [0.15, 0.2) is 47.4 Å². The molecule has 2 fully saturated rings. The smallest absolute Gasteiger partial charge is 0.254 e. The van der Waals surface area contributed by atoms with Gasteiger partial charge in [-0.05, 0) is 55.7 Å². The Balaban J connectivity index is 1.50. The molecular weight excluding hydrogens is 422 g/mol. The lowest BCUT2D eigenvalue weighted by molar-refractivity contribution is 0.0746. The molecule has 0 radical (unpaired) electrons. The number of sulfonamides is 1. The van der Waals surface area contributed by atoms with Crippen LogP contribution in [0.5, 0.6) is 0 Å². The van der Waals surface area contributed by atoms with E-state index in [2.05, 4.69) is 4.90 Å². The molecule has 1 amide bonds. The molecule has 2 heterocycles. The number of nitrogens with zero attached hydrogens (tertiary/aromatic N) is 3. The highest BCUT2D eigenvalue weighted by Gasteiger charge is 2.29. The van der Waals surface area contributed by atoms with E-state index in [1.807, 2.05) is 31.2 Å². The molecule has 0 saturated carbocycles. The highest BCUT2D eigenvalue weighted by atomic mass is 35.5. The van der Waals surface area contributed by atoms with Crippen LogP contribution in [-0.2, 0) is 10.0 Å². The number of amides is 1. The van der Waals surface area contributed by atoms with Crippen molar-refractivity contribution in [1.29, 1.82) is 0 Å². The van der Waals surface area contributed by atoms with Crippen LogP contribution in [-0.4, -0.2) is 62.8 Å². The van der Waals surface area contributed by atoms with E-state index < -0.39 is 10.0 Å². The quantitative estimate of drug-likeness (QED) is 0.720. The minimum atomic E-state index is -3.55. The fraction of sp³-hybridized carbons (Fsp3) is 0.409. The number of anilines is 1. The van der Waals surface area contributed by atoms with E-state index >= 15 is 0 Å². The molecule has 2 aromatic rings. The van der Waals surface area contributed by atoms with E-state index in [-0.39, 0.29) is 10.8 Å². The molecule has 0 spiro atoms. The van der Waals surface area contributed by atoms with Crippen molar-refractivity contribution >= 4 is 33.2 Å². The maximum absolute atomic E-state index is 13.2. The summed E-state index contributed by atoms with van der Waals surface area (Å²) in [6.45, 7) is 5.51. The van der Waals surface area contributed by atoms with Gasteiger partial charge in [-0.25, -0.2) is 8.42 Å². The van der Waals surface area contributed by atoms with Crippen molar-refractivity contribution in [2.24, 2.45) is 0 Å². The summed E-state index contributed by atoms with van der Waals surface area (Å²) < 4.78 is 27.3. The Morgan fingerprint density at radius 3 is 2.30 bits per heavy atom. The maximum Gasteiger partial charge on any atom is 0.254 e. The van der Waals surface area contributed by atoms with Gasteiger partial charge in [0.2, 0.25) is 10.0 Å². The lowest BCUT2D eigenvalue weighted by atomic mass is 10.1. The zero-order chi connectivity index (χ0) is 21.3. The molecule has 0 atom stereocenters. The second-order valence-corrected chi connectivity index (χ2v) is 10.2. The van der Waals surface area contributed by atoms with Crippen LogP contribution < -0.4 is 4.90 Å². The number of halogens is 1. The Morgan fingerprint density at radius 1 is 0.933 bits per heavy atom.